The van der Waals surface area contributed by atoms with Crippen molar-refractivity contribution >= 4 is 11.9 Å². The van der Waals surface area contributed by atoms with Crippen molar-refractivity contribution in [3.63, 3.8) is 0 Å². The third-order valence-electron chi connectivity index (χ3n) is 5.86. The SMILES string of the molecule is CCOC(=O)CCOCCOCCOCCOCCOCCOCCOCCOCCOCCOCCOCCOCCOCC(=O)OC(C)(C)C. The zero-order valence-electron chi connectivity index (χ0n) is 32.2. The molecule has 0 spiro atoms. The van der Waals surface area contributed by atoms with Crippen molar-refractivity contribution in [3.8, 4) is 0 Å². The van der Waals surface area contributed by atoms with Crippen molar-refractivity contribution in [2.45, 2.75) is 39.7 Å². The summed E-state index contributed by atoms with van der Waals surface area (Å²) in [5.74, 6) is -0.646. The molecule has 0 rings (SSSR count). The maximum atomic E-state index is 11.5. The van der Waals surface area contributed by atoms with Gasteiger partial charge in [-0.25, -0.2) is 4.79 Å². The highest BCUT2D eigenvalue weighted by molar-refractivity contribution is 5.71. The topological polar surface area (TPSA) is 173 Å². The highest BCUT2D eigenvalue weighted by Gasteiger charge is 2.15. The molecule has 0 bridgehead atoms. The van der Waals surface area contributed by atoms with Gasteiger partial charge in [-0.1, -0.05) is 0 Å². The van der Waals surface area contributed by atoms with E-state index in [4.69, 9.17) is 71.1 Å². The van der Waals surface area contributed by atoms with Gasteiger partial charge in [0.1, 0.15) is 12.2 Å². The van der Waals surface area contributed by atoms with Crippen LogP contribution in [0.25, 0.3) is 0 Å². The fourth-order valence-electron chi connectivity index (χ4n) is 3.55. The van der Waals surface area contributed by atoms with Gasteiger partial charge < -0.3 is 71.1 Å². The Kier molecular flexibility index (Phi) is 39.4. The first kappa shape index (κ1) is 50.4. The van der Waals surface area contributed by atoms with Gasteiger partial charge in [0.15, 0.2) is 0 Å². The number of esters is 2. The lowest BCUT2D eigenvalue weighted by molar-refractivity contribution is -0.160. The predicted molar refractivity (Wildman–Crippen MR) is 188 cm³/mol. The van der Waals surface area contributed by atoms with Crippen molar-refractivity contribution in [2.24, 2.45) is 0 Å². The van der Waals surface area contributed by atoms with E-state index in [0.717, 1.165) is 0 Å². The lowest BCUT2D eigenvalue weighted by atomic mass is 10.2. The van der Waals surface area contributed by atoms with Crippen LogP contribution in [-0.4, -0.2) is 196 Å². The van der Waals surface area contributed by atoms with Gasteiger partial charge in [-0.15, -0.1) is 0 Å². The van der Waals surface area contributed by atoms with Gasteiger partial charge in [0, 0.05) is 0 Å². The van der Waals surface area contributed by atoms with Crippen LogP contribution in [0.2, 0.25) is 0 Å². The maximum Gasteiger partial charge on any atom is 0.332 e. The Bertz CT molecular complexity index is 753. The summed E-state index contributed by atoms with van der Waals surface area (Å²) in [6.07, 6.45) is 0.251. The van der Waals surface area contributed by atoms with E-state index in [1.165, 1.54) is 0 Å². The fraction of sp³-hybridized carbons (Fsp3) is 0.943. The number of carbonyl (C=O) groups is 2. The van der Waals surface area contributed by atoms with E-state index in [9.17, 15) is 9.59 Å². The number of ether oxygens (including phenoxy) is 15. The molecular weight excluding hydrogens is 692 g/mol. The van der Waals surface area contributed by atoms with Crippen LogP contribution in [0, 0.1) is 0 Å². The van der Waals surface area contributed by atoms with Crippen LogP contribution in [0.1, 0.15) is 34.1 Å². The average Bonchev–Trinajstić information content (AvgIpc) is 3.10. The van der Waals surface area contributed by atoms with Gasteiger partial charge in [0.05, 0.1) is 178 Å². The van der Waals surface area contributed by atoms with Crippen molar-refractivity contribution in [2.75, 3.05) is 178 Å². The third-order valence-corrected chi connectivity index (χ3v) is 5.86. The molecule has 0 fully saturated rings. The average molecular weight is 761 g/mol. The molecule has 0 saturated carbocycles. The number of carbonyl (C=O) groups excluding carboxylic acids is 2. The molecule has 0 heterocycles. The Morgan fingerprint density at radius 2 is 0.577 bits per heavy atom. The smallest absolute Gasteiger partial charge is 0.332 e. The van der Waals surface area contributed by atoms with E-state index in [1.54, 1.807) is 6.92 Å². The molecule has 0 aliphatic heterocycles. The van der Waals surface area contributed by atoms with E-state index in [-0.39, 0.29) is 19.0 Å². The Morgan fingerprint density at radius 3 is 0.808 bits per heavy atom. The minimum absolute atomic E-state index is 0.0880. The van der Waals surface area contributed by atoms with Crippen LogP contribution in [0.15, 0.2) is 0 Å². The number of rotatable bonds is 42. The highest BCUT2D eigenvalue weighted by atomic mass is 16.6. The molecule has 0 saturated heterocycles. The van der Waals surface area contributed by atoms with Crippen LogP contribution in [0.5, 0.6) is 0 Å². The summed E-state index contributed by atoms with van der Waals surface area (Å²) in [7, 11) is 0. The quantitative estimate of drug-likeness (QED) is 0.0647. The fourth-order valence-corrected chi connectivity index (χ4v) is 3.55. The predicted octanol–water partition coefficient (Wildman–Crippen LogP) is 1.50. The van der Waals surface area contributed by atoms with E-state index >= 15 is 0 Å². The third kappa shape index (κ3) is 44.6. The Morgan fingerprint density at radius 1 is 0.346 bits per heavy atom. The van der Waals surface area contributed by atoms with Crippen molar-refractivity contribution in [1.82, 2.24) is 0 Å². The first-order valence-electron chi connectivity index (χ1n) is 18.2. The monoisotopic (exact) mass is 760 g/mol. The van der Waals surface area contributed by atoms with Crippen LogP contribution < -0.4 is 0 Å². The molecule has 52 heavy (non-hydrogen) atoms. The van der Waals surface area contributed by atoms with Gasteiger partial charge in [-0.2, -0.15) is 0 Å². The molecule has 0 N–H and O–H groups in total. The Labute approximate surface area is 310 Å². The normalized spacial score (nSPS) is 11.7. The second-order valence-electron chi connectivity index (χ2n) is 11.5. The summed E-state index contributed by atoms with van der Waals surface area (Å²) in [4.78, 5) is 22.7. The molecular formula is C35H68O17. The molecule has 0 radical (unpaired) electrons. The first-order chi connectivity index (χ1) is 25.3. The molecule has 0 aliphatic rings. The molecule has 0 unspecified atom stereocenters. The molecule has 17 heteroatoms. The van der Waals surface area contributed by atoms with E-state index < -0.39 is 11.6 Å². The molecule has 310 valence electrons. The van der Waals surface area contributed by atoms with Crippen LogP contribution >= 0.6 is 0 Å². The van der Waals surface area contributed by atoms with Crippen molar-refractivity contribution in [3.05, 3.63) is 0 Å². The standard InChI is InChI=1S/C35H68O17/c1-5-51-33(36)6-7-38-8-9-39-10-11-40-12-13-41-14-15-42-16-17-43-18-19-44-20-21-45-22-23-46-24-25-47-26-27-48-28-29-49-30-31-50-32-34(37)52-35(2,3)4/h5-32H2,1-4H3. The number of hydrogen-bond donors (Lipinski definition) is 0. The zero-order chi connectivity index (χ0) is 38.1. The van der Waals surface area contributed by atoms with E-state index in [2.05, 4.69) is 0 Å². The highest BCUT2D eigenvalue weighted by Crippen LogP contribution is 2.06. The van der Waals surface area contributed by atoms with Gasteiger partial charge >= 0.3 is 11.9 Å². The molecule has 0 aromatic heterocycles. The summed E-state index contributed by atoms with van der Waals surface area (Å²) >= 11 is 0. The minimum Gasteiger partial charge on any atom is -0.466 e. The lowest BCUT2D eigenvalue weighted by Gasteiger charge is -2.19. The van der Waals surface area contributed by atoms with Gasteiger partial charge in [-0.3, -0.25) is 4.79 Å². The first-order valence-corrected chi connectivity index (χ1v) is 18.2. The Balaban J connectivity index is 3.11. The molecule has 0 aromatic carbocycles. The van der Waals surface area contributed by atoms with Crippen LogP contribution in [0.3, 0.4) is 0 Å². The summed E-state index contributed by atoms with van der Waals surface area (Å²) < 4.78 is 80.4. The summed E-state index contributed by atoms with van der Waals surface area (Å²) in [6.45, 7) is 18.9. The van der Waals surface area contributed by atoms with Crippen molar-refractivity contribution < 1.29 is 80.6 Å². The second kappa shape index (κ2) is 40.6. The molecule has 17 nitrogen and oxygen atoms in total. The minimum atomic E-state index is -0.516. The largest absolute Gasteiger partial charge is 0.466 e. The van der Waals surface area contributed by atoms with E-state index in [0.29, 0.717) is 172 Å². The van der Waals surface area contributed by atoms with E-state index in [1.807, 2.05) is 20.8 Å². The molecule has 0 amide bonds. The van der Waals surface area contributed by atoms with Crippen LogP contribution in [0.4, 0.5) is 0 Å². The maximum absolute atomic E-state index is 11.5. The molecule has 0 aromatic rings. The van der Waals surface area contributed by atoms with Gasteiger partial charge in [0.25, 0.3) is 0 Å². The molecule has 0 aliphatic carbocycles. The lowest BCUT2D eigenvalue weighted by Crippen LogP contribution is -2.27. The summed E-state index contributed by atoms with van der Waals surface area (Å²) in [5.41, 5.74) is -0.516. The van der Waals surface area contributed by atoms with Crippen molar-refractivity contribution in [1.29, 1.82) is 0 Å². The molecule has 0 atom stereocenters. The van der Waals surface area contributed by atoms with Crippen LogP contribution in [-0.2, 0) is 80.6 Å². The number of hydrogen-bond acceptors (Lipinski definition) is 17. The summed E-state index contributed by atoms with van der Waals surface area (Å²) in [5, 5.41) is 0. The second-order valence-corrected chi connectivity index (χ2v) is 11.5. The van der Waals surface area contributed by atoms with Gasteiger partial charge in [0.2, 0.25) is 0 Å². The summed E-state index contributed by atoms with van der Waals surface area (Å²) in [6, 6.07) is 0. The zero-order valence-corrected chi connectivity index (χ0v) is 32.2. The van der Waals surface area contributed by atoms with Gasteiger partial charge in [-0.05, 0) is 27.7 Å². The Hall–Kier alpha value is -1.58.